The quantitative estimate of drug-likeness (QED) is 0.632. The first-order valence-corrected chi connectivity index (χ1v) is 9.65. The Bertz CT molecular complexity index is 846. The summed E-state index contributed by atoms with van der Waals surface area (Å²) >= 11 is 1.65. The second-order valence-corrected chi connectivity index (χ2v) is 6.82. The van der Waals surface area contributed by atoms with Crippen LogP contribution in [0.1, 0.15) is 22.0 Å². The van der Waals surface area contributed by atoms with Crippen LogP contribution < -0.4 is 5.32 Å². The van der Waals surface area contributed by atoms with E-state index < -0.39 is 6.10 Å². The van der Waals surface area contributed by atoms with Crippen LogP contribution >= 0.6 is 11.8 Å². The maximum atomic E-state index is 12.3. The van der Waals surface area contributed by atoms with E-state index in [4.69, 9.17) is 0 Å². The van der Waals surface area contributed by atoms with E-state index in [1.165, 1.54) is 0 Å². The molecule has 0 saturated carbocycles. The van der Waals surface area contributed by atoms with Crippen molar-refractivity contribution in [2.24, 2.45) is 0 Å². The minimum Gasteiger partial charge on any atom is -0.387 e. The van der Waals surface area contributed by atoms with Crippen LogP contribution in [0.2, 0.25) is 0 Å². The highest BCUT2D eigenvalue weighted by Crippen LogP contribution is 2.20. The van der Waals surface area contributed by atoms with E-state index in [-0.39, 0.29) is 12.5 Å². The van der Waals surface area contributed by atoms with E-state index in [1.807, 2.05) is 73.0 Å². The molecule has 0 aromatic heterocycles. The molecule has 3 aromatic carbocycles. The normalized spacial score (nSPS) is 11.8. The summed E-state index contributed by atoms with van der Waals surface area (Å²) in [6, 6.07) is 25.2. The highest BCUT2D eigenvalue weighted by Gasteiger charge is 2.11. The molecule has 26 heavy (non-hydrogen) atoms. The third-order valence-corrected chi connectivity index (χ3v) is 4.95. The lowest BCUT2D eigenvalue weighted by atomic mass is 10.0. The van der Waals surface area contributed by atoms with Gasteiger partial charge in [-0.3, -0.25) is 4.79 Å². The molecule has 1 unspecified atom stereocenters. The van der Waals surface area contributed by atoms with Gasteiger partial charge in [-0.1, -0.05) is 54.6 Å². The summed E-state index contributed by atoms with van der Waals surface area (Å²) in [6.07, 6.45) is 1.28. The first-order valence-electron chi connectivity index (χ1n) is 8.43. The molecule has 0 spiro atoms. The molecule has 0 aliphatic rings. The SMILES string of the molecule is CSc1ccc(C(O)CNC(=O)c2ccc(-c3ccccc3)cc2)cc1. The number of hydrogen-bond donors (Lipinski definition) is 2. The standard InChI is InChI=1S/C22H21NO2S/c1-26-20-13-11-18(12-14-20)21(24)15-23-22(25)19-9-7-17(8-10-19)16-5-3-2-4-6-16/h2-14,21,24H,15H2,1H3,(H,23,25). The van der Waals surface area contributed by atoms with Crippen LogP contribution in [-0.2, 0) is 0 Å². The van der Waals surface area contributed by atoms with Crippen LogP contribution in [0.5, 0.6) is 0 Å². The third-order valence-electron chi connectivity index (χ3n) is 4.21. The highest BCUT2D eigenvalue weighted by molar-refractivity contribution is 7.98. The van der Waals surface area contributed by atoms with Crippen molar-refractivity contribution in [3.05, 3.63) is 90.0 Å². The predicted octanol–water partition coefficient (Wildman–Crippen LogP) is 4.54. The molecule has 3 nitrogen and oxygen atoms in total. The monoisotopic (exact) mass is 363 g/mol. The fraction of sp³-hybridized carbons (Fsp3) is 0.136. The minimum absolute atomic E-state index is 0.178. The summed E-state index contributed by atoms with van der Waals surface area (Å²) in [4.78, 5) is 13.4. The average Bonchev–Trinajstić information content (AvgIpc) is 2.72. The van der Waals surface area contributed by atoms with Crippen molar-refractivity contribution in [3.63, 3.8) is 0 Å². The lowest BCUT2D eigenvalue weighted by molar-refractivity contribution is 0.0916. The van der Waals surface area contributed by atoms with E-state index in [1.54, 1.807) is 23.9 Å². The van der Waals surface area contributed by atoms with Gasteiger partial charge in [0.25, 0.3) is 5.91 Å². The van der Waals surface area contributed by atoms with Gasteiger partial charge in [0.05, 0.1) is 6.10 Å². The molecule has 0 heterocycles. The maximum absolute atomic E-state index is 12.3. The Hall–Kier alpha value is -2.56. The molecule has 132 valence electrons. The topological polar surface area (TPSA) is 49.3 Å². The summed E-state index contributed by atoms with van der Waals surface area (Å²) in [5, 5.41) is 13.0. The fourth-order valence-corrected chi connectivity index (χ4v) is 3.09. The second kappa shape index (κ2) is 8.70. The van der Waals surface area contributed by atoms with Crippen molar-refractivity contribution in [2.45, 2.75) is 11.0 Å². The Balaban J connectivity index is 1.59. The molecule has 2 N–H and O–H groups in total. The molecule has 4 heteroatoms. The lowest BCUT2D eigenvalue weighted by Crippen LogP contribution is -2.28. The van der Waals surface area contributed by atoms with Crippen molar-refractivity contribution in [1.29, 1.82) is 0 Å². The first kappa shape index (κ1) is 18.2. The van der Waals surface area contributed by atoms with Crippen molar-refractivity contribution in [3.8, 4) is 11.1 Å². The molecule has 3 aromatic rings. The van der Waals surface area contributed by atoms with Gasteiger partial charge in [-0.25, -0.2) is 0 Å². The Kier molecular flexibility index (Phi) is 6.10. The molecule has 0 aliphatic carbocycles. The first-order chi connectivity index (χ1) is 12.7. The Morgan fingerprint density at radius 1 is 0.923 bits per heavy atom. The molecule has 0 radical (unpaired) electrons. The minimum atomic E-state index is -0.724. The van der Waals surface area contributed by atoms with Crippen LogP contribution in [0.15, 0.2) is 83.8 Å². The predicted molar refractivity (Wildman–Crippen MR) is 107 cm³/mol. The van der Waals surface area contributed by atoms with E-state index in [0.717, 1.165) is 21.6 Å². The third kappa shape index (κ3) is 4.54. The largest absolute Gasteiger partial charge is 0.387 e. The van der Waals surface area contributed by atoms with Crippen LogP contribution in [0.4, 0.5) is 0 Å². The number of carbonyl (C=O) groups excluding carboxylic acids is 1. The summed E-state index contributed by atoms with van der Waals surface area (Å²) in [7, 11) is 0. The van der Waals surface area contributed by atoms with Crippen molar-refractivity contribution in [2.75, 3.05) is 12.8 Å². The molecule has 0 saturated heterocycles. The number of nitrogens with one attached hydrogen (secondary N) is 1. The Morgan fingerprint density at radius 3 is 2.15 bits per heavy atom. The molecular weight excluding hydrogens is 342 g/mol. The average molecular weight is 363 g/mol. The van der Waals surface area contributed by atoms with Gasteiger partial charge in [-0.15, -0.1) is 11.8 Å². The lowest BCUT2D eigenvalue weighted by Gasteiger charge is -2.13. The van der Waals surface area contributed by atoms with Crippen molar-refractivity contribution < 1.29 is 9.90 Å². The second-order valence-electron chi connectivity index (χ2n) is 5.94. The highest BCUT2D eigenvalue weighted by atomic mass is 32.2. The fourth-order valence-electron chi connectivity index (χ4n) is 2.68. The summed E-state index contributed by atoms with van der Waals surface area (Å²) < 4.78 is 0. The van der Waals surface area contributed by atoms with Gasteiger partial charge in [-0.05, 0) is 47.2 Å². The number of aliphatic hydroxyl groups excluding tert-OH is 1. The zero-order valence-corrected chi connectivity index (χ0v) is 15.4. The van der Waals surface area contributed by atoms with E-state index >= 15 is 0 Å². The molecule has 3 rings (SSSR count). The van der Waals surface area contributed by atoms with Gasteiger partial charge < -0.3 is 10.4 Å². The number of thioether (sulfide) groups is 1. The number of carbonyl (C=O) groups is 1. The van der Waals surface area contributed by atoms with Crippen LogP contribution in [0.3, 0.4) is 0 Å². The Morgan fingerprint density at radius 2 is 1.54 bits per heavy atom. The number of hydrogen-bond acceptors (Lipinski definition) is 3. The summed E-state index contributed by atoms with van der Waals surface area (Å²) in [6.45, 7) is 0.178. The molecule has 0 aliphatic heterocycles. The number of aliphatic hydroxyl groups is 1. The molecule has 1 amide bonds. The summed E-state index contributed by atoms with van der Waals surface area (Å²) in [5.41, 5.74) is 3.55. The van der Waals surface area contributed by atoms with E-state index in [9.17, 15) is 9.90 Å². The molecule has 0 fully saturated rings. The number of amides is 1. The van der Waals surface area contributed by atoms with Gasteiger partial charge in [0, 0.05) is 17.0 Å². The molecule has 0 bridgehead atoms. The molecular formula is C22H21NO2S. The van der Waals surface area contributed by atoms with Gasteiger partial charge in [0.15, 0.2) is 0 Å². The zero-order valence-electron chi connectivity index (χ0n) is 14.6. The van der Waals surface area contributed by atoms with Gasteiger partial charge in [-0.2, -0.15) is 0 Å². The van der Waals surface area contributed by atoms with Crippen molar-refractivity contribution >= 4 is 17.7 Å². The molecule has 1 atom stereocenters. The van der Waals surface area contributed by atoms with Crippen LogP contribution in [0, 0.1) is 0 Å². The van der Waals surface area contributed by atoms with Gasteiger partial charge in [0.2, 0.25) is 0 Å². The smallest absolute Gasteiger partial charge is 0.251 e. The van der Waals surface area contributed by atoms with Crippen LogP contribution in [0.25, 0.3) is 11.1 Å². The summed E-state index contributed by atoms with van der Waals surface area (Å²) in [5.74, 6) is -0.190. The number of rotatable bonds is 6. The van der Waals surface area contributed by atoms with Crippen molar-refractivity contribution in [1.82, 2.24) is 5.32 Å². The van der Waals surface area contributed by atoms with E-state index in [0.29, 0.717) is 5.56 Å². The maximum Gasteiger partial charge on any atom is 0.251 e. The number of benzene rings is 3. The van der Waals surface area contributed by atoms with E-state index in [2.05, 4.69) is 5.32 Å². The Labute approximate surface area is 158 Å². The van der Waals surface area contributed by atoms with Gasteiger partial charge >= 0.3 is 0 Å². The van der Waals surface area contributed by atoms with Gasteiger partial charge in [0.1, 0.15) is 0 Å². The van der Waals surface area contributed by atoms with Crippen LogP contribution in [-0.4, -0.2) is 23.8 Å². The zero-order chi connectivity index (χ0) is 18.4.